The second kappa shape index (κ2) is 5.08. The van der Waals surface area contributed by atoms with Gasteiger partial charge < -0.3 is 5.11 Å². The monoisotopic (exact) mass is 288 g/mol. The summed E-state index contributed by atoms with van der Waals surface area (Å²) in [5.74, 6) is -0.105. The van der Waals surface area contributed by atoms with Crippen molar-refractivity contribution < 1.29 is 5.11 Å². The first kappa shape index (κ1) is 12.7. The van der Waals surface area contributed by atoms with Gasteiger partial charge >= 0.3 is 0 Å². The molecule has 0 aliphatic rings. The third kappa shape index (κ3) is 2.07. The van der Waals surface area contributed by atoms with Gasteiger partial charge in [-0.2, -0.15) is 0 Å². The zero-order valence-electron chi connectivity index (χ0n) is 7.40. The minimum absolute atomic E-state index is 0.105. The summed E-state index contributed by atoms with van der Waals surface area (Å²) in [6.07, 6.45) is 3.68. The fraction of sp³-hybridized carbons (Fsp3) is 0.250. The average Bonchev–Trinajstić information content (AvgIpc) is 2.16. The highest BCUT2D eigenvalue weighted by molar-refractivity contribution is 7.99. The molecule has 0 atom stereocenters. The molecular weight excluding hydrogens is 283 g/mol. The maximum Gasteiger partial charge on any atom is 0.155 e. The van der Waals surface area contributed by atoms with E-state index in [1.807, 2.05) is 12.5 Å². The van der Waals surface area contributed by atoms with Gasteiger partial charge in [0, 0.05) is 9.79 Å². The summed E-state index contributed by atoms with van der Waals surface area (Å²) < 4.78 is 0. The van der Waals surface area contributed by atoms with Gasteiger partial charge in [0.15, 0.2) is 5.75 Å². The lowest BCUT2D eigenvalue weighted by Gasteiger charge is -2.12. The lowest BCUT2D eigenvalue weighted by Crippen LogP contribution is -1.84. The zero-order valence-corrected chi connectivity index (χ0v) is 11.3. The van der Waals surface area contributed by atoms with E-state index in [0.717, 1.165) is 0 Å². The fourth-order valence-corrected chi connectivity index (χ4v) is 3.78. The third-order valence-corrected chi connectivity index (χ3v) is 4.82. The van der Waals surface area contributed by atoms with Crippen LogP contribution >= 0.6 is 58.3 Å². The quantitative estimate of drug-likeness (QED) is 0.790. The van der Waals surface area contributed by atoms with Crippen LogP contribution in [0.15, 0.2) is 9.79 Å². The third-order valence-electron chi connectivity index (χ3n) is 1.62. The lowest BCUT2D eigenvalue weighted by molar-refractivity contribution is 0.473. The van der Waals surface area contributed by atoms with Crippen LogP contribution in [0.4, 0.5) is 0 Å². The summed E-state index contributed by atoms with van der Waals surface area (Å²) >= 11 is 20.6. The molecule has 6 heteroatoms. The van der Waals surface area contributed by atoms with Gasteiger partial charge in [-0.3, -0.25) is 0 Å². The van der Waals surface area contributed by atoms with Crippen LogP contribution in [0.25, 0.3) is 0 Å². The van der Waals surface area contributed by atoms with Gasteiger partial charge in [0.2, 0.25) is 0 Å². The van der Waals surface area contributed by atoms with E-state index < -0.39 is 0 Å². The number of hydrogen-bond acceptors (Lipinski definition) is 3. The topological polar surface area (TPSA) is 20.2 Å². The fourth-order valence-electron chi connectivity index (χ4n) is 0.966. The van der Waals surface area contributed by atoms with Crippen molar-refractivity contribution >= 4 is 58.3 Å². The molecule has 14 heavy (non-hydrogen) atoms. The summed E-state index contributed by atoms with van der Waals surface area (Å²) in [7, 11) is 0. The predicted octanol–water partition coefficient (Wildman–Crippen LogP) is 4.80. The van der Waals surface area contributed by atoms with Gasteiger partial charge in [-0.05, 0) is 12.5 Å². The lowest BCUT2D eigenvalue weighted by atomic mass is 10.3. The van der Waals surface area contributed by atoms with Crippen molar-refractivity contribution in [2.24, 2.45) is 0 Å². The van der Waals surface area contributed by atoms with Crippen LogP contribution in [0.5, 0.6) is 5.75 Å². The van der Waals surface area contributed by atoms with E-state index in [1.54, 1.807) is 0 Å². The predicted molar refractivity (Wildman–Crippen MR) is 66.7 cm³/mol. The van der Waals surface area contributed by atoms with Gasteiger partial charge in [-0.25, -0.2) is 0 Å². The Morgan fingerprint density at radius 1 is 0.857 bits per heavy atom. The Morgan fingerprint density at radius 3 is 1.50 bits per heavy atom. The number of halogens is 3. The number of benzene rings is 1. The largest absolute Gasteiger partial charge is 0.505 e. The summed E-state index contributed by atoms with van der Waals surface area (Å²) in [6.45, 7) is 0. The van der Waals surface area contributed by atoms with Crippen molar-refractivity contribution in [2.45, 2.75) is 9.79 Å². The summed E-state index contributed by atoms with van der Waals surface area (Å²) in [5.41, 5.74) is 0. The summed E-state index contributed by atoms with van der Waals surface area (Å²) in [4.78, 5) is 1.30. The molecular formula is C8H7Cl3OS2. The molecule has 0 aliphatic heterocycles. The van der Waals surface area contributed by atoms with E-state index >= 15 is 0 Å². The minimum Gasteiger partial charge on any atom is -0.505 e. The second-order valence-corrected chi connectivity index (χ2v) is 5.12. The zero-order chi connectivity index (χ0) is 10.9. The maximum atomic E-state index is 9.61. The summed E-state index contributed by atoms with van der Waals surface area (Å²) in [6, 6.07) is 0. The molecule has 0 radical (unpaired) electrons. The highest BCUT2D eigenvalue weighted by atomic mass is 35.5. The van der Waals surface area contributed by atoms with Gasteiger partial charge in [-0.1, -0.05) is 34.8 Å². The van der Waals surface area contributed by atoms with Crippen molar-refractivity contribution in [2.75, 3.05) is 12.5 Å². The van der Waals surface area contributed by atoms with E-state index in [0.29, 0.717) is 14.8 Å². The van der Waals surface area contributed by atoms with Crippen LogP contribution in [0.3, 0.4) is 0 Å². The van der Waals surface area contributed by atoms with Crippen LogP contribution in [0.2, 0.25) is 15.1 Å². The number of rotatable bonds is 2. The van der Waals surface area contributed by atoms with Gasteiger partial charge in [0.05, 0.1) is 15.1 Å². The molecule has 1 rings (SSSR count). The van der Waals surface area contributed by atoms with E-state index in [-0.39, 0.29) is 15.8 Å². The normalized spacial score (nSPS) is 10.6. The summed E-state index contributed by atoms with van der Waals surface area (Å²) in [5, 5.41) is 10.5. The number of phenols is 1. The Balaban J connectivity index is 3.56. The molecule has 0 saturated carbocycles. The van der Waals surface area contributed by atoms with E-state index in [1.165, 1.54) is 23.5 Å². The highest BCUT2D eigenvalue weighted by Gasteiger charge is 2.19. The molecule has 0 spiro atoms. The Hall–Kier alpha value is 0.590. The molecule has 0 aliphatic carbocycles. The van der Waals surface area contributed by atoms with Gasteiger partial charge in [0.25, 0.3) is 0 Å². The van der Waals surface area contributed by atoms with Crippen LogP contribution in [0, 0.1) is 0 Å². The van der Waals surface area contributed by atoms with Crippen molar-refractivity contribution in [3.8, 4) is 5.75 Å². The van der Waals surface area contributed by atoms with Crippen molar-refractivity contribution in [3.63, 3.8) is 0 Å². The molecule has 1 aromatic carbocycles. The van der Waals surface area contributed by atoms with E-state index in [2.05, 4.69) is 0 Å². The van der Waals surface area contributed by atoms with Crippen molar-refractivity contribution in [1.82, 2.24) is 0 Å². The van der Waals surface area contributed by atoms with E-state index in [9.17, 15) is 5.11 Å². The molecule has 0 fully saturated rings. The standard InChI is InChI=1S/C8H7Cl3OS2/c1-13-7-3(9)6(12)4(10)8(14-2)5(7)11/h12H,1-2H3. The molecule has 1 aromatic rings. The number of phenolic OH excluding ortho intramolecular Hbond substituents is 1. The molecule has 78 valence electrons. The second-order valence-electron chi connectivity index (χ2n) is 2.36. The molecule has 0 aromatic heterocycles. The SMILES string of the molecule is CSc1c(Cl)c(O)c(Cl)c(SC)c1Cl. The van der Waals surface area contributed by atoms with Crippen LogP contribution in [-0.2, 0) is 0 Å². The average molecular weight is 290 g/mol. The van der Waals surface area contributed by atoms with Crippen LogP contribution < -0.4 is 0 Å². The first-order valence-electron chi connectivity index (χ1n) is 3.52. The smallest absolute Gasteiger partial charge is 0.155 e. The minimum atomic E-state index is -0.105. The van der Waals surface area contributed by atoms with E-state index in [4.69, 9.17) is 34.8 Å². The number of aromatic hydroxyl groups is 1. The maximum absolute atomic E-state index is 9.61. The van der Waals surface area contributed by atoms with Gasteiger partial charge in [-0.15, -0.1) is 23.5 Å². The molecule has 1 N–H and O–H groups in total. The number of hydrogen-bond donors (Lipinski definition) is 1. The molecule has 0 bridgehead atoms. The van der Waals surface area contributed by atoms with Crippen molar-refractivity contribution in [1.29, 1.82) is 0 Å². The number of thioether (sulfide) groups is 2. The highest BCUT2D eigenvalue weighted by Crippen LogP contribution is 2.49. The first-order chi connectivity index (χ1) is 6.54. The van der Waals surface area contributed by atoms with Gasteiger partial charge in [0.1, 0.15) is 0 Å². The first-order valence-corrected chi connectivity index (χ1v) is 7.10. The Kier molecular flexibility index (Phi) is 4.59. The van der Waals surface area contributed by atoms with Crippen LogP contribution in [0.1, 0.15) is 0 Å². The Bertz CT molecular complexity index is 337. The molecule has 0 heterocycles. The van der Waals surface area contributed by atoms with Crippen molar-refractivity contribution in [3.05, 3.63) is 15.1 Å². The Labute approximate surface area is 106 Å². The molecule has 0 unspecified atom stereocenters. The molecule has 0 saturated heterocycles. The molecule has 1 nitrogen and oxygen atoms in total. The van der Waals surface area contributed by atoms with Crippen LogP contribution in [-0.4, -0.2) is 17.6 Å². The Morgan fingerprint density at radius 2 is 1.21 bits per heavy atom. The molecule has 0 amide bonds.